The lowest BCUT2D eigenvalue weighted by atomic mass is 9.89. The fourth-order valence-electron chi connectivity index (χ4n) is 4.98. The minimum absolute atomic E-state index is 0.0268. The Kier molecular flexibility index (Phi) is 5.92. The second kappa shape index (κ2) is 9.17. The molecule has 0 radical (unpaired) electrons. The summed E-state index contributed by atoms with van der Waals surface area (Å²) in [7, 11) is 0. The van der Waals surface area contributed by atoms with Crippen LogP contribution in [0.25, 0.3) is 11.6 Å². The van der Waals surface area contributed by atoms with Crippen molar-refractivity contribution < 1.29 is 14.1 Å². The number of carbonyl (C=O) groups is 1. The Hall–Kier alpha value is -3.87. The first-order valence-corrected chi connectivity index (χ1v) is 11.8. The number of amides is 1. The van der Waals surface area contributed by atoms with Crippen molar-refractivity contribution >= 4 is 34.6 Å². The van der Waals surface area contributed by atoms with Crippen molar-refractivity contribution in [3.05, 3.63) is 86.9 Å². The average Bonchev–Trinajstić information content (AvgIpc) is 3.36. The number of benzene rings is 2. The summed E-state index contributed by atoms with van der Waals surface area (Å²) in [6.45, 7) is 2.16. The number of anilines is 2. The van der Waals surface area contributed by atoms with E-state index in [9.17, 15) is 14.9 Å². The molecule has 34 heavy (non-hydrogen) atoms. The molecule has 0 spiro atoms. The summed E-state index contributed by atoms with van der Waals surface area (Å²) < 4.78 is 6.37. The van der Waals surface area contributed by atoms with Crippen molar-refractivity contribution in [2.45, 2.75) is 51.5 Å². The van der Waals surface area contributed by atoms with Gasteiger partial charge in [-0.1, -0.05) is 31.5 Å². The number of hydrogen-bond acceptors (Lipinski definition) is 5. The van der Waals surface area contributed by atoms with Crippen molar-refractivity contribution in [1.29, 1.82) is 0 Å². The van der Waals surface area contributed by atoms with Crippen molar-refractivity contribution in [3.63, 3.8) is 0 Å². The number of nitro benzene ring substituents is 1. The zero-order valence-electron chi connectivity index (χ0n) is 19.1. The number of rotatable bonds is 7. The summed E-state index contributed by atoms with van der Waals surface area (Å²) in [6, 6.07) is 14.6. The van der Waals surface area contributed by atoms with Crippen LogP contribution < -0.4 is 10.6 Å². The van der Waals surface area contributed by atoms with E-state index < -0.39 is 4.92 Å². The van der Waals surface area contributed by atoms with E-state index in [-0.39, 0.29) is 17.6 Å². The molecule has 1 aromatic heterocycles. The van der Waals surface area contributed by atoms with Crippen LogP contribution in [0.15, 0.2) is 52.9 Å². The molecule has 0 saturated heterocycles. The van der Waals surface area contributed by atoms with Crippen LogP contribution in [-0.4, -0.2) is 10.8 Å². The van der Waals surface area contributed by atoms with E-state index in [1.165, 1.54) is 17.7 Å². The smallest absolute Gasteiger partial charge is 0.270 e. The number of non-ortho nitro benzene ring substituents is 1. The van der Waals surface area contributed by atoms with Gasteiger partial charge in [0.25, 0.3) is 11.6 Å². The fourth-order valence-corrected chi connectivity index (χ4v) is 4.98. The largest absolute Gasteiger partial charge is 0.461 e. The van der Waals surface area contributed by atoms with Gasteiger partial charge in [-0.3, -0.25) is 14.9 Å². The van der Waals surface area contributed by atoms with Crippen LogP contribution in [0.2, 0.25) is 0 Å². The predicted molar refractivity (Wildman–Crippen MR) is 133 cm³/mol. The van der Waals surface area contributed by atoms with Gasteiger partial charge in [0, 0.05) is 41.1 Å². The molecule has 7 nitrogen and oxygen atoms in total. The molecule has 1 aliphatic carbocycles. The number of nitro groups is 1. The highest BCUT2D eigenvalue weighted by Crippen LogP contribution is 2.41. The Labute approximate surface area is 198 Å². The van der Waals surface area contributed by atoms with Crippen molar-refractivity contribution in [3.8, 4) is 0 Å². The maximum Gasteiger partial charge on any atom is 0.270 e. The van der Waals surface area contributed by atoms with Gasteiger partial charge >= 0.3 is 0 Å². The molecule has 0 bridgehead atoms. The number of nitrogens with one attached hydrogen (secondary N) is 2. The van der Waals surface area contributed by atoms with Crippen LogP contribution in [0.3, 0.4) is 0 Å². The summed E-state index contributed by atoms with van der Waals surface area (Å²) in [5.41, 5.74) is 4.81. The minimum atomic E-state index is -0.446. The summed E-state index contributed by atoms with van der Waals surface area (Å²) in [5, 5.41) is 17.8. The quantitative estimate of drug-likeness (QED) is 0.239. The van der Waals surface area contributed by atoms with Crippen LogP contribution in [-0.2, 0) is 17.6 Å². The maximum absolute atomic E-state index is 12.9. The molecule has 1 aliphatic heterocycles. The number of furan rings is 1. The van der Waals surface area contributed by atoms with Crippen LogP contribution in [0.5, 0.6) is 0 Å². The lowest BCUT2D eigenvalue weighted by Crippen LogP contribution is -2.14. The van der Waals surface area contributed by atoms with Gasteiger partial charge < -0.3 is 15.1 Å². The number of fused-ring (bicyclic) bond motifs is 2. The molecule has 2 heterocycles. The van der Waals surface area contributed by atoms with Crippen LogP contribution >= 0.6 is 0 Å². The van der Waals surface area contributed by atoms with Crippen LogP contribution in [0.4, 0.5) is 17.1 Å². The van der Waals surface area contributed by atoms with Gasteiger partial charge in [-0.25, -0.2) is 0 Å². The van der Waals surface area contributed by atoms with E-state index in [0.717, 1.165) is 55.5 Å². The van der Waals surface area contributed by atoms with E-state index in [0.29, 0.717) is 22.6 Å². The van der Waals surface area contributed by atoms with E-state index in [1.54, 1.807) is 12.1 Å². The second-order valence-electron chi connectivity index (χ2n) is 8.84. The van der Waals surface area contributed by atoms with Gasteiger partial charge in [0.15, 0.2) is 0 Å². The van der Waals surface area contributed by atoms with E-state index in [1.807, 2.05) is 30.3 Å². The number of aryl methyl sites for hydroxylation is 1. The first kappa shape index (κ1) is 21.9. The van der Waals surface area contributed by atoms with E-state index >= 15 is 0 Å². The molecule has 5 rings (SSSR count). The van der Waals surface area contributed by atoms with Crippen LogP contribution in [0, 0.1) is 10.1 Å². The van der Waals surface area contributed by atoms with Gasteiger partial charge in [-0.15, -0.1) is 0 Å². The topological polar surface area (TPSA) is 97.4 Å². The van der Waals surface area contributed by atoms with Gasteiger partial charge in [0.2, 0.25) is 0 Å². The highest BCUT2D eigenvalue weighted by molar-refractivity contribution is 6.35. The molecule has 1 amide bonds. The Balaban J connectivity index is 1.62. The second-order valence-corrected chi connectivity index (χ2v) is 8.84. The molecule has 3 aromatic rings. The van der Waals surface area contributed by atoms with Gasteiger partial charge in [-0.05, 0) is 55.5 Å². The molecule has 2 aliphatic rings. The Bertz CT molecular complexity index is 1280. The summed E-state index contributed by atoms with van der Waals surface area (Å²) in [5.74, 6) is 1.37. The molecule has 1 unspecified atom stereocenters. The Morgan fingerprint density at radius 2 is 1.97 bits per heavy atom. The van der Waals surface area contributed by atoms with E-state index in [4.69, 9.17) is 4.42 Å². The molecular formula is C27H27N3O4. The third kappa shape index (κ3) is 4.09. The lowest BCUT2D eigenvalue weighted by Gasteiger charge is -2.22. The van der Waals surface area contributed by atoms with Crippen LogP contribution in [0.1, 0.15) is 66.9 Å². The third-order valence-corrected chi connectivity index (χ3v) is 6.55. The molecule has 0 fully saturated rings. The SMILES string of the molecule is CCCC(Nc1ccccc1)c1c(C=C2C(=O)Nc3ccc([N+](=O)[O-])cc32)oc2c1CCCC2. The molecule has 174 valence electrons. The normalized spacial score (nSPS) is 16.6. The highest BCUT2D eigenvalue weighted by Gasteiger charge is 2.31. The van der Waals surface area contributed by atoms with E-state index in [2.05, 4.69) is 17.6 Å². The van der Waals surface area contributed by atoms with Crippen molar-refractivity contribution in [2.75, 3.05) is 10.6 Å². The molecule has 7 heteroatoms. The fraction of sp³-hybridized carbons (Fsp3) is 0.296. The first-order valence-electron chi connectivity index (χ1n) is 11.8. The number of hydrogen-bond donors (Lipinski definition) is 2. The number of para-hydroxylation sites is 1. The van der Waals surface area contributed by atoms with Crippen molar-refractivity contribution in [2.24, 2.45) is 0 Å². The molecule has 2 N–H and O–H groups in total. The lowest BCUT2D eigenvalue weighted by molar-refractivity contribution is -0.384. The molecule has 1 atom stereocenters. The monoisotopic (exact) mass is 457 g/mol. The van der Waals surface area contributed by atoms with Crippen molar-refractivity contribution in [1.82, 2.24) is 0 Å². The van der Waals surface area contributed by atoms with Gasteiger partial charge in [0.1, 0.15) is 11.5 Å². The maximum atomic E-state index is 12.9. The third-order valence-electron chi connectivity index (χ3n) is 6.55. The minimum Gasteiger partial charge on any atom is -0.461 e. The average molecular weight is 458 g/mol. The highest BCUT2D eigenvalue weighted by atomic mass is 16.6. The zero-order valence-corrected chi connectivity index (χ0v) is 19.1. The number of nitrogens with zero attached hydrogens (tertiary/aromatic N) is 1. The zero-order chi connectivity index (χ0) is 23.7. The summed E-state index contributed by atoms with van der Waals surface area (Å²) in [4.78, 5) is 23.7. The summed E-state index contributed by atoms with van der Waals surface area (Å²) >= 11 is 0. The van der Waals surface area contributed by atoms with Gasteiger partial charge in [0.05, 0.1) is 16.5 Å². The standard InChI is InChI=1S/C27H27N3O4/c1-2-8-23(28-17-9-4-3-5-10-17)26-19-11-6-7-12-24(19)34-25(26)16-21-20-15-18(30(32)33)13-14-22(20)29-27(21)31/h3-5,9-10,13-16,23,28H,2,6-8,11-12H2,1H3,(H,29,31). The molecule has 0 saturated carbocycles. The van der Waals surface area contributed by atoms with Gasteiger partial charge in [-0.2, -0.15) is 0 Å². The number of carbonyl (C=O) groups excluding carboxylic acids is 1. The Morgan fingerprint density at radius 3 is 2.74 bits per heavy atom. The molecule has 2 aromatic carbocycles. The Morgan fingerprint density at radius 1 is 1.18 bits per heavy atom. The predicted octanol–water partition coefficient (Wildman–Crippen LogP) is 6.51. The molecular weight excluding hydrogens is 430 g/mol. The summed E-state index contributed by atoms with van der Waals surface area (Å²) in [6.07, 6.45) is 7.67. The first-order chi connectivity index (χ1) is 16.5.